The largest absolute Gasteiger partial charge is 0.325 e. The zero-order chi connectivity index (χ0) is 21.7. The van der Waals surface area contributed by atoms with Crippen molar-refractivity contribution in [1.82, 2.24) is 4.90 Å². The fourth-order valence-electron chi connectivity index (χ4n) is 2.83. The van der Waals surface area contributed by atoms with Gasteiger partial charge in [0.2, 0.25) is 5.91 Å². The van der Waals surface area contributed by atoms with Crippen LogP contribution in [0.1, 0.15) is 29.8 Å². The topological polar surface area (TPSA) is 66.5 Å². The Morgan fingerprint density at radius 3 is 2.37 bits per heavy atom. The minimum absolute atomic E-state index is 0.0474. The Morgan fingerprint density at radius 2 is 1.73 bits per heavy atom. The molecule has 1 fully saturated rings. The molecule has 2 aromatic rings. The van der Waals surface area contributed by atoms with Gasteiger partial charge in [0.15, 0.2) is 5.78 Å². The van der Waals surface area contributed by atoms with E-state index in [2.05, 4.69) is 5.32 Å². The Balaban J connectivity index is 1.65. The lowest BCUT2D eigenvalue weighted by Gasteiger charge is -2.14. The van der Waals surface area contributed by atoms with Crippen molar-refractivity contribution < 1.29 is 14.4 Å². The summed E-state index contributed by atoms with van der Waals surface area (Å²) in [6.45, 7) is 3.22. The highest BCUT2D eigenvalue weighted by molar-refractivity contribution is 8.26. The number of rotatable bonds is 6. The van der Waals surface area contributed by atoms with Crippen LogP contribution in [0.25, 0.3) is 6.08 Å². The summed E-state index contributed by atoms with van der Waals surface area (Å²) in [7, 11) is 0. The SMILES string of the molecule is CC(=O)c1ccc(NC(=O)CN2C(=O)/C(=C\C(C)=C\c3ccccc3)SC2=S)cc1. The average Bonchev–Trinajstić information content (AvgIpc) is 2.96. The smallest absolute Gasteiger partial charge is 0.266 e. The van der Waals surface area contributed by atoms with E-state index in [9.17, 15) is 14.4 Å². The first-order valence-corrected chi connectivity index (χ1v) is 10.5. The van der Waals surface area contributed by atoms with Crippen LogP contribution in [-0.2, 0) is 9.59 Å². The molecule has 0 saturated carbocycles. The van der Waals surface area contributed by atoms with Crippen LogP contribution >= 0.6 is 24.0 Å². The van der Waals surface area contributed by atoms with E-state index in [1.54, 1.807) is 30.3 Å². The van der Waals surface area contributed by atoms with Gasteiger partial charge in [-0.05, 0) is 55.3 Å². The fraction of sp³-hybridized carbons (Fsp3) is 0.130. The van der Waals surface area contributed by atoms with E-state index in [0.29, 0.717) is 20.5 Å². The van der Waals surface area contributed by atoms with E-state index in [0.717, 1.165) is 11.1 Å². The number of nitrogens with one attached hydrogen (secondary N) is 1. The van der Waals surface area contributed by atoms with Gasteiger partial charge in [-0.1, -0.05) is 60.4 Å². The number of carbonyl (C=O) groups is 3. The van der Waals surface area contributed by atoms with E-state index in [1.807, 2.05) is 43.3 Å². The number of ketones is 1. The number of amides is 2. The second kappa shape index (κ2) is 9.65. The molecule has 1 aliphatic rings. The number of thiocarbonyl (C=S) groups is 1. The molecule has 1 N–H and O–H groups in total. The number of carbonyl (C=O) groups excluding carboxylic acids is 3. The molecule has 0 spiro atoms. The van der Waals surface area contributed by atoms with Gasteiger partial charge in [-0.25, -0.2) is 0 Å². The van der Waals surface area contributed by atoms with Gasteiger partial charge in [0, 0.05) is 11.3 Å². The highest BCUT2D eigenvalue weighted by atomic mass is 32.2. The van der Waals surface area contributed by atoms with E-state index >= 15 is 0 Å². The number of hydrogen-bond acceptors (Lipinski definition) is 5. The van der Waals surface area contributed by atoms with Crippen molar-refractivity contribution in [2.24, 2.45) is 0 Å². The normalized spacial score (nSPS) is 15.6. The molecule has 2 aromatic carbocycles. The zero-order valence-electron chi connectivity index (χ0n) is 16.5. The molecule has 0 unspecified atom stereocenters. The number of allylic oxidation sites excluding steroid dienone is 2. The van der Waals surface area contributed by atoms with Crippen molar-refractivity contribution in [2.75, 3.05) is 11.9 Å². The molecule has 3 rings (SSSR count). The van der Waals surface area contributed by atoms with Crippen molar-refractivity contribution >= 4 is 57.7 Å². The third-order valence-corrected chi connectivity index (χ3v) is 5.68. The quantitative estimate of drug-likeness (QED) is 0.405. The van der Waals surface area contributed by atoms with E-state index in [4.69, 9.17) is 12.2 Å². The molecule has 2 amide bonds. The molecule has 5 nitrogen and oxygen atoms in total. The Hall–Kier alpha value is -3.03. The molecule has 152 valence electrons. The lowest BCUT2D eigenvalue weighted by atomic mass is 10.1. The molecule has 7 heteroatoms. The maximum absolute atomic E-state index is 12.7. The predicted octanol–water partition coefficient (Wildman–Crippen LogP) is 4.68. The zero-order valence-corrected chi connectivity index (χ0v) is 18.2. The van der Waals surface area contributed by atoms with Crippen molar-refractivity contribution in [2.45, 2.75) is 13.8 Å². The van der Waals surface area contributed by atoms with Gasteiger partial charge >= 0.3 is 0 Å². The minimum atomic E-state index is -0.361. The number of Topliss-reactive ketones (excluding diaryl/α,β-unsaturated/α-hetero) is 1. The van der Waals surface area contributed by atoms with Crippen LogP contribution in [0.2, 0.25) is 0 Å². The summed E-state index contributed by atoms with van der Waals surface area (Å²) < 4.78 is 0.348. The number of hydrogen-bond donors (Lipinski definition) is 1. The highest BCUT2D eigenvalue weighted by Crippen LogP contribution is 2.32. The second-order valence-corrected chi connectivity index (χ2v) is 8.42. The van der Waals surface area contributed by atoms with Crippen molar-refractivity contribution in [3.05, 3.63) is 82.3 Å². The Labute approximate surface area is 184 Å². The predicted molar refractivity (Wildman–Crippen MR) is 125 cm³/mol. The number of thioether (sulfide) groups is 1. The van der Waals surface area contributed by atoms with Gasteiger partial charge in [0.05, 0.1) is 4.91 Å². The first-order chi connectivity index (χ1) is 14.3. The molecular weight excluding hydrogens is 416 g/mol. The van der Waals surface area contributed by atoms with Crippen LogP contribution in [0.15, 0.2) is 71.2 Å². The van der Waals surface area contributed by atoms with Crippen LogP contribution in [0.3, 0.4) is 0 Å². The summed E-state index contributed by atoms with van der Waals surface area (Å²) in [6.07, 6.45) is 3.76. The molecule has 1 saturated heterocycles. The van der Waals surface area contributed by atoms with E-state index < -0.39 is 0 Å². The molecule has 0 radical (unpaired) electrons. The maximum atomic E-state index is 12.7. The highest BCUT2D eigenvalue weighted by Gasteiger charge is 2.33. The van der Waals surface area contributed by atoms with Gasteiger partial charge < -0.3 is 5.32 Å². The Bertz CT molecular complexity index is 1060. The van der Waals surface area contributed by atoms with Gasteiger partial charge in [-0.2, -0.15) is 0 Å². The molecule has 0 aromatic heterocycles. The first kappa shape index (κ1) is 21.7. The standard InChI is InChI=1S/C23H20N2O3S2/c1-15(12-17-6-4-3-5-7-17)13-20-22(28)25(23(29)30-20)14-21(27)24-19-10-8-18(9-11-19)16(2)26/h3-13H,14H2,1-2H3,(H,24,27)/b15-12+,20-13+. The first-order valence-electron chi connectivity index (χ1n) is 9.23. The summed E-state index contributed by atoms with van der Waals surface area (Å²) in [5, 5.41) is 2.72. The number of benzene rings is 2. The number of nitrogens with zero attached hydrogens (tertiary/aromatic N) is 1. The summed E-state index contributed by atoms with van der Waals surface area (Å²) in [5.74, 6) is -0.693. The summed E-state index contributed by atoms with van der Waals surface area (Å²) in [4.78, 5) is 38.2. The Morgan fingerprint density at radius 1 is 1.07 bits per heavy atom. The van der Waals surface area contributed by atoms with Gasteiger partial charge in [0.1, 0.15) is 10.9 Å². The molecule has 1 heterocycles. The minimum Gasteiger partial charge on any atom is -0.325 e. The lowest BCUT2D eigenvalue weighted by molar-refractivity contribution is -0.126. The van der Waals surface area contributed by atoms with Gasteiger partial charge in [-0.15, -0.1) is 0 Å². The monoisotopic (exact) mass is 436 g/mol. The summed E-state index contributed by atoms with van der Waals surface area (Å²) in [5.41, 5.74) is 3.07. The van der Waals surface area contributed by atoms with E-state index in [-0.39, 0.29) is 24.1 Å². The maximum Gasteiger partial charge on any atom is 0.266 e. The average molecular weight is 437 g/mol. The third-order valence-electron chi connectivity index (χ3n) is 4.30. The second-order valence-electron chi connectivity index (χ2n) is 6.75. The molecule has 0 atom stereocenters. The van der Waals surface area contributed by atoms with Crippen LogP contribution in [0.5, 0.6) is 0 Å². The molecule has 0 bridgehead atoms. The van der Waals surface area contributed by atoms with E-state index in [1.165, 1.54) is 23.6 Å². The Kier molecular flexibility index (Phi) is 6.97. The lowest BCUT2D eigenvalue weighted by Crippen LogP contribution is -2.36. The summed E-state index contributed by atoms with van der Waals surface area (Å²) >= 11 is 6.48. The molecule has 1 aliphatic heterocycles. The molecular formula is C23H20N2O3S2. The third kappa shape index (κ3) is 5.52. The van der Waals surface area contributed by atoms with Crippen LogP contribution in [0.4, 0.5) is 5.69 Å². The van der Waals surface area contributed by atoms with Crippen molar-refractivity contribution in [1.29, 1.82) is 0 Å². The van der Waals surface area contributed by atoms with Crippen LogP contribution < -0.4 is 5.32 Å². The molecule has 0 aliphatic carbocycles. The number of anilines is 1. The fourth-order valence-corrected chi connectivity index (χ4v) is 4.13. The van der Waals surface area contributed by atoms with Crippen LogP contribution in [-0.4, -0.2) is 33.4 Å². The molecule has 30 heavy (non-hydrogen) atoms. The van der Waals surface area contributed by atoms with Gasteiger partial charge in [0.25, 0.3) is 5.91 Å². The van der Waals surface area contributed by atoms with Crippen LogP contribution in [0, 0.1) is 0 Å². The van der Waals surface area contributed by atoms with Crippen molar-refractivity contribution in [3.8, 4) is 0 Å². The van der Waals surface area contributed by atoms with Crippen molar-refractivity contribution in [3.63, 3.8) is 0 Å². The van der Waals surface area contributed by atoms with Gasteiger partial charge in [-0.3, -0.25) is 19.3 Å². The summed E-state index contributed by atoms with van der Waals surface area (Å²) in [6, 6.07) is 16.4.